The molecule has 0 radical (unpaired) electrons. The van der Waals surface area contributed by atoms with Crippen molar-refractivity contribution in [1.29, 1.82) is 0 Å². The molecule has 88 heavy (non-hydrogen) atoms. The van der Waals surface area contributed by atoms with Crippen LogP contribution in [0.4, 0.5) is 0 Å². The van der Waals surface area contributed by atoms with Crippen LogP contribution in [0.5, 0.6) is 23.0 Å². The molecule has 4 aromatic carbocycles. The van der Waals surface area contributed by atoms with Crippen LogP contribution in [0.3, 0.4) is 0 Å². The van der Waals surface area contributed by atoms with Crippen molar-refractivity contribution in [3.63, 3.8) is 0 Å². The highest BCUT2D eigenvalue weighted by atomic mass is 79.9. The highest BCUT2D eigenvalue weighted by Crippen LogP contribution is 2.52. The molecular formula is C61H51Br8NO18. The molecule has 0 atom stereocenters. The zero-order chi connectivity index (χ0) is 64.3. The van der Waals surface area contributed by atoms with Crippen molar-refractivity contribution in [3.8, 4) is 67.9 Å². The van der Waals surface area contributed by atoms with Gasteiger partial charge in [-0.15, -0.1) is 0 Å². The van der Waals surface area contributed by atoms with E-state index in [1.165, 1.54) is 12.1 Å². The van der Waals surface area contributed by atoms with Gasteiger partial charge in [0, 0.05) is 63.7 Å². The SMILES string of the molecule is C=C(C)C(=O)CCCOCCOCCOc1ccc(-c2c3cc(Br)c(=O)c(Br)c-3oc3c(Br)c(O)c(Br)cc23)c(C(=O)O)c1.C=C(C)C(=O)NCCOCCOCCOc1ccc(C(=O)O)c(-c2c3cc(Br)c(=O)c(Br)c-3oc3c(Br)c(O)c(Br)cc23)c1. The van der Waals surface area contributed by atoms with Crippen molar-refractivity contribution in [2.24, 2.45) is 0 Å². The van der Waals surface area contributed by atoms with E-state index in [0.717, 1.165) is 0 Å². The van der Waals surface area contributed by atoms with Crippen LogP contribution >= 0.6 is 127 Å². The van der Waals surface area contributed by atoms with E-state index in [-0.39, 0.29) is 121 Å². The molecular weight excluding hydrogens is 1670 g/mol. The van der Waals surface area contributed by atoms with Gasteiger partial charge in [0.05, 0.1) is 75.3 Å². The van der Waals surface area contributed by atoms with Gasteiger partial charge in [-0.1, -0.05) is 13.2 Å². The van der Waals surface area contributed by atoms with Gasteiger partial charge in [-0.2, -0.15) is 0 Å². The molecule has 1 amide bonds. The topological polar surface area (TPSA) is 277 Å². The number of carbonyl (C=O) groups is 4. The molecule has 0 bridgehead atoms. The fourth-order valence-electron chi connectivity index (χ4n) is 8.60. The van der Waals surface area contributed by atoms with E-state index < -0.39 is 11.9 Å². The molecule has 4 aliphatic rings. The minimum Gasteiger partial charge on any atom is -0.505 e. The first kappa shape index (κ1) is 70.2. The fourth-order valence-corrected chi connectivity index (χ4v) is 13.4. The average Bonchev–Trinajstić information content (AvgIpc) is 2.61. The van der Waals surface area contributed by atoms with E-state index in [1.807, 2.05) is 0 Å². The summed E-state index contributed by atoms with van der Waals surface area (Å²) in [5, 5.41) is 45.1. The number of hydrogen-bond acceptors (Lipinski definition) is 16. The molecule has 2 aliphatic heterocycles. The number of fused-ring (bicyclic) bond motifs is 4. The van der Waals surface area contributed by atoms with Crippen molar-refractivity contribution in [2.45, 2.75) is 26.7 Å². The van der Waals surface area contributed by atoms with Gasteiger partial charge in [0.2, 0.25) is 16.8 Å². The maximum atomic E-state index is 12.7. The lowest BCUT2D eigenvalue weighted by molar-refractivity contribution is -0.118. The van der Waals surface area contributed by atoms with Gasteiger partial charge in [-0.3, -0.25) is 19.2 Å². The third kappa shape index (κ3) is 16.8. The predicted molar refractivity (Wildman–Crippen MR) is 359 cm³/mol. The largest absolute Gasteiger partial charge is 0.505 e. The summed E-state index contributed by atoms with van der Waals surface area (Å²) in [7, 11) is 0. The second-order valence-corrected chi connectivity index (χ2v) is 25.6. The fraction of sp³-hybridized carbons (Fsp3) is 0.246. The van der Waals surface area contributed by atoms with Crippen LogP contribution in [-0.2, 0) is 28.5 Å². The van der Waals surface area contributed by atoms with Gasteiger partial charge >= 0.3 is 11.9 Å². The van der Waals surface area contributed by atoms with Gasteiger partial charge in [0.25, 0.3) is 0 Å². The van der Waals surface area contributed by atoms with Gasteiger partial charge < -0.3 is 63.0 Å². The quantitative estimate of drug-likeness (QED) is 0.0182. The molecule has 0 fully saturated rings. The summed E-state index contributed by atoms with van der Waals surface area (Å²) in [6.07, 6.45) is 1.02. The Kier molecular flexibility index (Phi) is 25.6. The summed E-state index contributed by atoms with van der Waals surface area (Å²) in [5.74, 6) is -1.74. The van der Waals surface area contributed by atoms with Crippen LogP contribution in [0.25, 0.3) is 66.8 Å². The lowest BCUT2D eigenvalue weighted by Crippen LogP contribution is -2.27. The first-order valence-corrected chi connectivity index (χ1v) is 32.5. The second kappa shape index (κ2) is 32.1. The van der Waals surface area contributed by atoms with E-state index in [0.29, 0.717) is 135 Å². The summed E-state index contributed by atoms with van der Waals surface area (Å²) < 4.78 is 47.7. The van der Waals surface area contributed by atoms with E-state index in [4.69, 9.17) is 37.3 Å². The van der Waals surface area contributed by atoms with E-state index in [9.17, 15) is 49.2 Å². The lowest BCUT2D eigenvalue weighted by Gasteiger charge is -2.20. The summed E-state index contributed by atoms with van der Waals surface area (Å²) in [5.41, 5.74) is 3.09. The van der Waals surface area contributed by atoms with Crippen LogP contribution in [-0.4, -0.2) is 117 Å². The zero-order valence-corrected chi connectivity index (χ0v) is 59.1. The number of amides is 1. The predicted octanol–water partition coefficient (Wildman–Crippen LogP) is 15.5. The number of allylic oxidation sites excluding steroid dienone is 1. The number of phenolic OH excluding ortho intramolecular Hbond substituents is 2. The number of ketones is 1. The molecule has 5 N–H and O–H groups in total. The molecule has 19 nitrogen and oxygen atoms in total. The Morgan fingerprint density at radius 2 is 0.943 bits per heavy atom. The number of hydrogen-bond donors (Lipinski definition) is 5. The molecule has 2 aliphatic carbocycles. The van der Waals surface area contributed by atoms with Crippen molar-refractivity contribution < 1.29 is 76.9 Å². The van der Waals surface area contributed by atoms with Gasteiger partial charge in [0.15, 0.2) is 28.5 Å². The van der Waals surface area contributed by atoms with E-state index in [2.05, 4.69) is 146 Å². The van der Waals surface area contributed by atoms with Crippen LogP contribution < -0.4 is 25.6 Å². The number of ether oxygens (including phenoxy) is 6. The number of carboxylic acids is 2. The number of Topliss-reactive ketones (excluding diaryl/α,β-unsaturated/α-hetero) is 1. The molecule has 0 aromatic heterocycles. The van der Waals surface area contributed by atoms with E-state index in [1.54, 1.807) is 62.4 Å². The Hall–Kier alpha value is -5.30. The third-order valence-electron chi connectivity index (χ3n) is 12.9. The van der Waals surface area contributed by atoms with Gasteiger partial charge in [-0.05, 0) is 220 Å². The number of rotatable bonds is 27. The average molecular weight is 1730 g/mol. The molecule has 8 rings (SSSR count). The van der Waals surface area contributed by atoms with Gasteiger partial charge in [-0.25, -0.2) is 9.59 Å². The Morgan fingerprint density at radius 3 is 1.42 bits per heavy atom. The summed E-state index contributed by atoms with van der Waals surface area (Å²) in [6.45, 7) is 13.9. The molecule has 0 saturated carbocycles. The lowest BCUT2D eigenvalue weighted by atomic mass is 9.90. The second-order valence-electron chi connectivity index (χ2n) is 19.0. The van der Waals surface area contributed by atoms with Crippen LogP contribution in [0, 0.1) is 0 Å². The number of aromatic carboxylic acids is 2. The number of benzene rings is 6. The number of nitrogens with one attached hydrogen (secondary N) is 1. The number of phenols is 2. The first-order valence-electron chi connectivity index (χ1n) is 26.2. The standard InChI is InChI=1S/C31H26Br4O9.C30H25Br4NO9/c1-15(2)23(36)4-3-7-41-8-9-42-10-11-43-16-5-6-17(18(12-16)31(39)40)24-19-13-21(32)27(37)25(34)29(19)44-30-20(24)14-22(33)28(38)26(30)35;1-14(2)29(38)35-5-6-41-7-8-42-9-10-43-15-3-4-16(30(39)40)17(11-15)22-18-12-20(31)25(36)23(33)27(18)44-28-19(22)13-21(32)26(37)24(28)34/h5-6,12-14,37H,1,3-4,7-11H2,2H3,(H,39,40);3-4,11-13,36H,1,5-10H2,2H3,(H,35,38)(H,39,40). The number of halogens is 8. The number of aromatic hydroxyl groups is 2. The summed E-state index contributed by atoms with van der Waals surface area (Å²) >= 11 is 26.7. The van der Waals surface area contributed by atoms with Crippen LogP contribution in [0.2, 0.25) is 0 Å². The highest BCUT2D eigenvalue weighted by Gasteiger charge is 2.30. The van der Waals surface area contributed by atoms with E-state index >= 15 is 0 Å². The third-order valence-corrected chi connectivity index (χ3v) is 18.2. The zero-order valence-electron chi connectivity index (χ0n) is 46.4. The Labute approximate surface area is 569 Å². The maximum absolute atomic E-state index is 12.7. The maximum Gasteiger partial charge on any atom is 0.336 e. The van der Waals surface area contributed by atoms with Crippen molar-refractivity contribution >= 4 is 173 Å². The Balaban J connectivity index is 0.000000251. The van der Waals surface area contributed by atoms with Crippen LogP contribution in [0.15, 0.2) is 139 Å². The normalized spacial score (nSPS) is 11.2. The number of carbonyl (C=O) groups excluding carboxylic acids is 2. The minimum atomic E-state index is -1.19. The van der Waals surface area contributed by atoms with Crippen LogP contribution in [0.1, 0.15) is 47.4 Å². The van der Waals surface area contributed by atoms with Crippen molar-refractivity contribution in [2.75, 3.05) is 72.6 Å². The summed E-state index contributed by atoms with van der Waals surface area (Å²) in [6, 6.07) is 15.7. The molecule has 0 spiro atoms. The first-order chi connectivity index (χ1) is 41.8. The molecule has 27 heteroatoms. The Bertz CT molecular complexity index is 4090. The molecule has 0 saturated heterocycles. The van der Waals surface area contributed by atoms with Crippen molar-refractivity contribution in [3.05, 3.63) is 152 Å². The highest BCUT2D eigenvalue weighted by molar-refractivity contribution is 9.12. The summed E-state index contributed by atoms with van der Waals surface area (Å²) in [4.78, 5) is 73.3. The molecule has 2 heterocycles. The molecule has 464 valence electrons. The minimum absolute atomic E-state index is 0.0160. The smallest absolute Gasteiger partial charge is 0.336 e. The van der Waals surface area contributed by atoms with Gasteiger partial charge in [0.1, 0.15) is 54.1 Å². The monoisotopic (exact) mass is 1720 g/mol. The molecule has 0 unspecified atom stereocenters. The molecule has 4 aromatic rings. The Morgan fingerprint density at radius 1 is 0.500 bits per heavy atom. The van der Waals surface area contributed by atoms with Crippen molar-refractivity contribution in [1.82, 2.24) is 5.32 Å². The number of carboxylic acid groups (broad SMARTS) is 2.